The van der Waals surface area contributed by atoms with Crippen LogP contribution in [0.25, 0.3) is 0 Å². The Labute approximate surface area is 160 Å². The number of hydrogen-bond acceptors (Lipinski definition) is 4. The molecule has 1 aliphatic heterocycles. The van der Waals surface area contributed by atoms with Gasteiger partial charge in [0.05, 0.1) is 18.8 Å². The number of likely N-dealkylation sites (N-methyl/N-ethyl adjacent to an activating group) is 2. The zero-order valence-electron chi connectivity index (χ0n) is 15.6. The van der Waals surface area contributed by atoms with Gasteiger partial charge in [0.15, 0.2) is 0 Å². The average molecular weight is 371 g/mol. The molecule has 4 nitrogen and oxygen atoms in total. The molecule has 0 saturated heterocycles. The number of rotatable bonds is 6. The third kappa shape index (κ3) is 4.15. The summed E-state index contributed by atoms with van der Waals surface area (Å²) in [4.78, 5) is 16.8. The Morgan fingerprint density at radius 3 is 2.65 bits per heavy atom. The van der Waals surface area contributed by atoms with Crippen molar-refractivity contribution in [3.8, 4) is 5.75 Å². The summed E-state index contributed by atoms with van der Waals surface area (Å²) in [5.41, 5.74) is 3.09. The molecule has 1 heterocycles. The molecule has 1 aliphatic rings. The lowest BCUT2D eigenvalue weighted by atomic mass is 10.1. The SMILES string of the molecule is CCN1C[C@H](CN(C)C(=O)c2ccc(CSC)cc2)Oc2ccccc21. The third-order valence-corrected chi connectivity index (χ3v) is 5.26. The van der Waals surface area contributed by atoms with Crippen LogP contribution in [0.3, 0.4) is 0 Å². The van der Waals surface area contributed by atoms with Gasteiger partial charge in [0.2, 0.25) is 0 Å². The first kappa shape index (κ1) is 18.6. The highest BCUT2D eigenvalue weighted by Crippen LogP contribution is 2.32. The van der Waals surface area contributed by atoms with Crippen molar-refractivity contribution in [1.29, 1.82) is 0 Å². The summed E-state index contributed by atoms with van der Waals surface area (Å²) in [7, 11) is 1.85. The monoisotopic (exact) mass is 370 g/mol. The van der Waals surface area contributed by atoms with E-state index in [0.717, 1.165) is 35.8 Å². The largest absolute Gasteiger partial charge is 0.485 e. The van der Waals surface area contributed by atoms with Crippen LogP contribution in [0.5, 0.6) is 5.75 Å². The molecule has 138 valence electrons. The maximum absolute atomic E-state index is 12.7. The molecule has 0 spiro atoms. The molecule has 3 rings (SSSR count). The number of thioether (sulfide) groups is 1. The van der Waals surface area contributed by atoms with Crippen LogP contribution in [0.4, 0.5) is 5.69 Å². The van der Waals surface area contributed by atoms with E-state index in [1.807, 2.05) is 49.5 Å². The predicted molar refractivity (Wildman–Crippen MR) is 109 cm³/mol. The third-order valence-electron chi connectivity index (χ3n) is 4.64. The van der Waals surface area contributed by atoms with Crippen LogP contribution < -0.4 is 9.64 Å². The summed E-state index contributed by atoms with van der Waals surface area (Å²) in [5.74, 6) is 1.89. The van der Waals surface area contributed by atoms with E-state index in [2.05, 4.69) is 24.1 Å². The normalized spacial score (nSPS) is 16.0. The first-order valence-electron chi connectivity index (χ1n) is 8.96. The van der Waals surface area contributed by atoms with Gasteiger partial charge < -0.3 is 14.5 Å². The van der Waals surface area contributed by atoms with Gasteiger partial charge in [0, 0.05) is 24.9 Å². The van der Waals surface area contributed by atoms with E-state index in [0.29, 0.717) is 6.54 Å². The Hall–Kier alpha value is -2.14. The highest BCUT2D eigenvalue weighted by molar-refractivity contribution is 7.97. The highest BCUT2D eigenvalue weighted by atomic mass is 32.2. The van der Waals surface area contributed by atoms with Crippen molar-refractivity contribution < 1.29 is 9.53 Å². The van der Waals surface area contributed by atoms with E-state index in [4.69, 9.17) is 4.74 Å². The standard InChI is InChI=1S/C21H26N2O2S/c1-4-23-14-18(25-20-8-6-5-7-19(20)23)13-22(2)21(24)17-11-9-16(10-12-17)15-26-3/h5-12,18H,4,13-15H2,1-3H3/t18-/m0/s1. The molecule has 26 heavy (non-hydrogen) atoms. The van der Waals surface area contributed by atoms with Crippen molar-refractivity contribution in [2.24, 2.45) is 0 Å². The minimum absolute atomic E-state index is 0.0328. The van der Waals surface area contributed by atoms with E-state index in [1.165, 1.54) is 5.56 Å². The van der Waals surface area contributed by atoms with Crippen LogP contribution in [0.2, 0.25) is 0 Å². The van der Waals surface area contributed by atoms with Crippen LogP contribution in [0.15, 0.2) is 48.5 Å². The number of ether oxygens (including phenoxy) is 1. The molecule has 5 heteroatoms. The Bertz CT molecular complexity index is 748. The van der Waals surface area contributed by atoms with E-state index in [-0.39, 0.29) is 12.0 Å². The number of benzene rings is 2. The Morgan fingerprint density at radius 2 is 1.96 bits per heavy atom. The Kier molecular flexibility index (Phi) is 6.09. The molecule has 0 unspecified atom stereocenters. The molecule has 0 saturated carbocycles. The molecule has 0 aromatic heterocycles. The van der Waals surface area contributed by atoms with Crippen molar-refractivity contribution in [3.63, 3.8) is 0 Å². The first-order valence-corrected chi connectivity index (χ1v) is 10.4. The topological polar surface area (TPSA) is 32.8 Å². The zero-order valence-corrected chi connectivity index (χ0v) is 16.5. The van der Waals surface area contributed by atoms with Gasteiger partial charge in [-0.15, -0.1) is 0 Å². The van der Waals surface area contributed by atoms with E-state index in [9.17, 15) is 4.79 Å². The smallest absolute Gasteiger partial charge is 0.253 e. The fourth-order valence-corrected chi connectivity index (χ4v) is 3.82. The summed E-state index contributed by atoms with van der Waals surface area (Å²) in [5, 5.41) is 0. The second kappa shape index (κ2) is 8.49. The van der Waals surface area contributed by atoms with Crippen LogP contribution in [-0.4, -0.2) is 49.8 Å². The minimum Gasteiger partial charge on any atom is -0.485 e. The molecular formula is C21H26N2O2S. The van der Waals surface area contributed by atoms with Crippen molar-refractivity contribution >= 4 is 23.4 Å². The van der Waals surface area contributed by atoms with Crippen LogP contribution >= 0.6 is 11.8 Å². The number of para-hydroxylation sites is 2. The van der Waals surface area contributed by atoms with Gasteiger partial charge in [-0.05, 0) is 43.0 Å². The Morgan fingerprint density at radius 1 is 1.23 bits per heavy atom. The van der Waals surface area contributed by atoms with E-state index < -0.39 is 0 Å². The van der Waals surface area contributed by atoms with Crippen molar-refractivity contribution in [3.05, 3.63) is 59.7 Å². The second-order valence-electron chi connectivity index (χ2n) is 6.56. The van der Waals surface area contributed by atoms with Crippen LogP contribution in [-0.2, 0) is 5.75 Å². The van der Waals surface area contributed by atoms with Crippen LogP contribution in [0.1, 0.15) is 22.8 Å². The lowest BCUT2D eigenvalue weighted by Crippen LogP contribution is -2.46. The molecular weight excluding hydrogens is 344 g/mol. The number of hydrogen-bond donors (Lipinski definition) is 0. The minimum atomic E-state index is -0.0328. The number of fused-ring (bicyclic) bond motifs is 1. The van der Waals surface area contributed by atoms with Gasteiger partial charge >= 0.3 is 0 Å². The van der Waals surface area contributed by atoms with Gasteiger partial charge in [0.25, 0.3) is 5.91 Å². The van der Waals surface area contributed by atoms with Gasteiger partial charge in [-0.25, -0.2) is 0 Å². The molecule has 2 aromatic rings. The molecule has 1 atom stereocenters. The number of anilines is 1. The van der Waals surface area contributed by atoms with Gasteiger partial charge in [0.1, 0.15) is 11.9 Å². The van der Waals surface area contributed by atoms with Gasteiger partial charge in [-0.2, -0.15) is 11.8 Å². The van der Waals surface area contributed by atoms with Crippen molar-refractivity contribution in [2.75, 3.05) is 37.8 Å². The number of carbonyl (C=O) groups excluding carboxylic acids is 1. The van der Waals surface area contributed by atoms with Crippen molar-refractivity contribution in [2.45, 2.75) is 18.8 Å². The van der Waals surface area contributed by atoms with E-state index >= 15 is 0 Å². The van der Waals surface area contributed by atoms with Gasteiger partial charge in [-0.3, -0.25) is 4.79 Å². The first-order chi connectivity index (χ1) is 12.6. The second-order valence-corrected chi connectivity index (χ2v) is 7.43. The van der Waals surface area contributed by atoms with Crippen molar-refractivity contribution in [1.82, 2.24) is 4.90 Å². The lowest BCUT2D eigenvalue weighted by Gasteiger charge is -2.37. The summed E-state index contributed by atoms with van der Waals surface area (Å²) in [6.07, 6.45) is 2.05. The van der Waals surface area contributed by atoms with E-state index in [1.54, 1.807) is 16.7 Å². The summed E-state index contributed by atoms with van der Waals surface area (Å²) in [6.45, 7) is 4.42. The molecule has 2 aromatic carbocycles. The maximum Gasteiger partial charge on any atom is 0.253 e. The van der Waals surface area contributed by atoms with Gasteiger partial charge in [-0.1, -0.05) is 24.3 Å². The average Bonchev–Trinajstić information content (AvgIpc) is 2.67. The summed E-state index contributed by atoms with van der Waals surface area (Å²) in [6, 6.07) is 16.0. The fourth-order valence-electron chi connectivity index (χ4n) is 3.29. The number of nitrogens with zero attached hydrogens (tertiary/aromatic N) is 2. The number of carbonyl (C=O) groups is 1. The number of amides is 1. The quantitative estimate of drug-likeness (QED) is 0.772. The Balaban J connectivity index is 1.66. The molecule has 0 bridgehead atoms. The lowest BCUT2D eigenvalue weighted by molar-refractivity contribution is 0.0709. The molecule has 0 N–H and O–H groups in total. The molecule has 0 radical (unpaired) electrons. The maximum atomic E-state index is 12.7. The molecule has 1 amide bonds. The van der Waals surface area contributed by atoms with Crippen LogP contribution in [0, 0.1) is 0 Å². The fraction of sp³-hybridized carbons (Fsp3) is 0.381. The summed E-state index contributed by atoms with van der Waals surface area (Å²) >= 11 is 1.78. The zero-order chi connectivity index (χ0) is 18.5. The summed E-state index contributed by atoms with van der Waals surface area (Å²) < 4.78 is 6.13. The molecule has 0 aliphatic carbocycles. The highest BCUT2D eigenvalue weighted by Gasteiger charge is 2.26. The predicted octanol–water partition coefficient (Wildman–Crippen LogP) is 3.91. The molecule has 0 fully saturated rings.